The number of aldehydes is 2. The molecule has 112 valence electrons. The molecule has 2 rings (SSSR count). The molecule has 0 radical (unpaired) electrons. The summed E-state index contributed by atoms with van der Waals surface area (Å²) in [6.45, 7) is 5.94. The Kier molecular flexibility index (Phi) is 7.69. The van der Waals surface area contributed by atoms with Gasteiger partial charge in [0.05, 0.1) is 0 Å². The van der Waals surface area contributed by atoms with Gasteiger partial charge in [-0.3, -0.25) is 9.59 Å². The molecular weight excluding hydrogens is 262 g/mol. The molecule has 0 spiro atoms. The van der Waals surface area contributed by atoms with E-state index in [9.17, 15) is 9.59 Å². The standard InChI is InChI=1S/C9H10O.C8H9NO.CH4/c1-7-3-4-9(6-10)5-8(7)2;1-6-2-3-7(5-10)4-8(6)9;/h3-6H,1-2H3;2-5H,9H2,1H3;1H4. The van der Waals surface area contributed by atoms with Gasteiger partial charge in [-0.1, -0.05) is 31.7 Å². The highest BCUT2D eigenvalue weighted by atomic mass is 16.1. The predicted octanol–water partition coefficient (Wildman–Crippen LogP) is 4.14. The quantitative estimate of drug-likeness (QED) is 0.666. The minimum atomic E-state index is 0. The van der Waals surface area contributed by atoms with Crippen LogP contribution in [-0.2, 0) is 0 Å². The third-order valence-electron chi connectivity index (χ3n) is 3.11. The van der Waals surface area contributed by atoms with Crippen molar-refractivity contribution < 1.29 is 9.59 Å². The summed E-state index contributed by atoms with van der Waals surface area (Å²) >= 11 is 0. The number of rotatable bonds is 2. The van der Waals surface area contributed by atoms with Crippen molar-refractivity contribution in [2.75, 3.05) is 5.73 Å². The van der Waals surface area contributed by atoms with E-state index in [1.54, 1.807) is 12.1 Å². The zero-order valence-electron chi connectivity index (χ0n) is 12.0. The highest BCUT2D eigenvalue weighted by Crippen LogP contribution is 2.10. The average molecular weight is 285 g/mol. The second-order valence-electron chi connectivity index (χ2n) is 4.70. The van der Waals surface area contributed by atoms with Gasteiger partial charge in [0.1, 0.15) is 12.6 Å². The molecule has 21 heavy (non-hydrogen) atoms. The molecule has 0 saturated carbocycles. The summed E-state index contributed by atoms with van der Waals surface area (Å²) in [7, 11) is 0. The van der Waals surface area contributed by atoms with E-state index < -0.39 is 0 Å². The van der Waals surface area contributed by atoms with Gasteiger partial charge in [0.25, 0.3) is 0 Å². The van der Waals surface area contributed by atoms with E-state index in [-0.39, 0.29) is 7.43 Å². The van der Waals surface area contributed by atoms with Crippen LogP contribution in [0.25, 0.3) is 0 Å². The fourth-order valence-corrected chi connectivity index (χ4v) is 1.57. The lowest BCUT2D eigenvalue weighted by Gasteiger charge is -1.97. The Hall–Kier alpha value is -2.42. The van der Waals surface area contributed by atoms with Crippen LogP contribution in [0.4, 0.5) is 5.69 Å². The molecule has 0 atom stereocenters. The number of nitrogens with two attached hydrogens (primary N) is 1. The maximum absolute atomic E-state index is 10.3. The summed E-state index contributed by atoms with van der Waals surface area (Å²) in [6, 6.07) is 10.9. The van der Waals surface area contributed by atoms with Gasteiger partial charge in [-0.2, -0.15) is 0 Å². The first kappa shape index (κ1) is 18.6. The molecule has 0 aliphatic heterocycles. The van der Waals surface area contributed by atoms with Crippen molar-refractivity contribution in [3.05, 3.63) is 64.2 Å². The molecule has 2 aromatic carbocycles. The fourth-order valence-electron chi connectivity index (χ4n) is 1.57. The first-order valence-corrected chi connectivity index (χ1v) is 6.31. The summed E-state index contributed by atoms with van der Waals surface area (Å²) in [5, 5.41) is 0. The Morgan fingerprint density at radius 3 is 1.67 bits per heavy atom. The second-order valence-corrected chi connectivity index (χ2v) is 4.70. The van der Waals surface area contributed by atoms with Gasteiger partial charge in [-0.15, -0.1) is 0 Å². The van der Waals surface area contributed by atoms with Crippen LogP contribution in [0.3, 0.4) is 0 Å². The van der Waals surface area contributed by atoms with Crippen molar-refractivity contribution in [3.63, 3.8) is 0 Å². The van der Waals surface area contributed by atoms with Crippen molar-refractivity contribution in [3.8, 4) is 0 Å². The van der Waals surface area contributed by atoms with Crippen LogP contribution >= 0.6 is 0 Å². The number of benzene rings is 2. The van der Waals surface area contributed by atoms with Gasteiger partial charge in [0, 0.05) is 16.8 Å². The number of hydrogen-bond donors (Lipinski definition) is 1. The summed E-state index contributed by atoms with van der Waals surface area (Å²) < 4.78 is 0. The van der Waals surface area contributed by atoms with Crippen LogP contribution in [0.2, 0.25) is 0 Å². The molecule has 2 aromatic rings. The fraction of sp³-hybridized carbons (Fsp3) is 0.222. The number of hydrogen-bond acceptors (Lipinski definition) is 3. The molecule has 3 nitrogen and oxygen atoms in total. The maximum Gasteiger partial charge on any atom is 0.150 e. The summed E-state index contributed by atoms with van der Waals surface area (Å²) in [4.78, 5) is 20.5. The first-order valence-electron chi connectivity index (χ1n) is 6.31. The Morgan fingerprint density at radius 1 is 0.762 bits per heavy atom. The minimum Gasteiger partial charge on any atom is -0.398 e. The Balaban J connectivity index is 0.000000364. The Morgan fingerprint density at radius 2 is 1.24 bits per heavy atom. The third kappa shape index (κ3) is 5.61. The van der Waals surface area contributed by atoms with E-state index in [1.165, 1.54) is 11.1 Å². The van der Waals surface area contributed by atoms with Crippen LogP contribution < -0.4 is 5.73 Å². The molecule has 0 bridgehead atoms. The zero-order valence-corrected chi connectivity index (χ0v) is 12.0. The molecule has 0 aromatic heterocycles. The van der Waals surface area contributed by atoms with Gasteiger partial charge >= 0.3 is 0 Å². The molecule has 0 amide bonds. The molecule has 0 aliphatic carbocycles. The van der Waals surface area contributed by atoms with Gasteiger partial charge in [-0.25, -0.2) is 0 Å². The van der Waals surface area contributed by atoms with E-state index in [0.717, 1.165) is 23.7 Å². The highest BCUT2D eigenvalue weighted by Gasteiger charge is 1.93. The maximum atomic E-state index is 10.3. The topological polar surface area (TPSA) is 60.2 Å². The summed E-state index contributed by atoms with van der Waals surface area (Å²) in [5.74, 6) is 0. The van der Waals surface area contributed by atoms with E-state index in [4.69, 9.17) is 5.73 Å². The first-order chi connectivity index (χ1) is 9.47. The lowest BCUT2D eigenvalue weighted by Crippen LogP contribution is -1.90. The van der Waals surface area contributed by atoms with Crippen molar-refractivity contribution in [2.24, 2.45) is 0 Å². The predicted molar refractivity (Wildman–Crippen MR) is 89.0 cm³/mol. The lowest BCUT2D eigenvalue weighted by molar-refractivity contribution is 0.111. The SMILES string of the molecule is C.Cc1ccc(C=O)cc1C.Cc1ccc(C=O)cc1N. The minimum absolute atomic E-state index is 0. The number of aryl methyl sites for hydroxylation is 3. The van der Waals surface area contributed by atoms with Crippen LogP contribution in [0, 0.1) is 20.8 Å². The average Bonchev–Trinajstić information content (AvgIpc) is 2.45. The monoisotopic (exact) mass is 285 g/mol. The molecule has 0 heterocycles. The van der Waals surface area contributed by atoms with Gasteiger partial charge in [0.2, 0.25) is 0 Å². The molecule has 0 fully saturated rings. The normalized spacial score (nSPS) is 8.90. The van der Waals surface area contributed by atoms with E-state index in [0.29, 0.717) is 11.3 Å². The molecular formula is C18H23NO2. The summed E-state index contributed by atoms with van der Waals surface area (Å²) in [5.41, 5.74) is 11.0. The van der Waals surface area contributed by atoms with Crippen LogP contribution in [-0.4, -0.2) is 12.6 Å². The number of nitrogen functional groups attached to an aromatic ring is 1. The van der Waals surface area contributed by atoms with Crippen LogP contribution in [0.1, 0.15) is 44.8 Å². The van der Waals surface area contributed by atoms with Crippen LogP contribution in [0.5, 0.6) is 0 Å². The Bertz CT molecular complexity index is 563. The van der Waals surface area contributed by atoms with Crippen molar-refractivity contribution >= 4 is 18.3 Å². The third-order valence-corrected chi connectivity index (χ3v) is 3.11. The van der Waals surface area contributed by atoms with Gasteiger partial charge < -0.3 is 5.73 Å². The van der Waals surface area contributed by atoms with Gasteiger partial charge in [0.15, 0.2) is 0 Å². The molecule has 0 unspecified atom stereocenters. The van der Waals surface area contributed by atoms with Crippen molar-refractivity contribution in [2.45, 2.75) is 28.2 Å². The van der Waals surface area contributed by atoms with Crippen molar-refractivity contribution in [1.82, 2.24) is 0 Å². The smallest absolute Gasteiger partial charge is 0.150 e. The van der Waals surface area contributed by atoms with E-state index >= 15 is 0 Å². The van der Waals surface area contributed by atoms with E-state index in [1.807, 2.05) is 45.0 Å². The second kappa shape index (κ2) is 8.69. The highest BCUT2D eigenvalue weighted by molar-refractivity contribution is 5.77. The number of anilines is 1. The number of carbonyl (C=O) groups excluding carboxylic acids is 2. The van der Waals surface area contributed by atoms with Gasteiger partial charge in [-0.05, 0) is 49.6 Å². The van der Waals surface area contributed by atoms with Crippen molar-refractivity contribution in [1.29, 1.82) is 0 Å². The lowest BCUT2D eigenvalue weighted by atomic mass is 10.1. The molecule has 2 N–H and O–H groups in total. The molecule has 0 aliphatic rings. The van der Waals surface area contributed by atoms with Crippen LogP contribution in [0.15, 0.2) is 36.4 Å². The Labute approximate surface area is 126 Å². The summed E-state index contributed by atoms with van der Waals surface area (Å²) in [6.07, 6.45) is 1.65. The zero-order chi connectivity index (χ0) is 15.1. The number of carbonyl (C=O) groups is 2. The van der Waals surface area contributed by atoms with E-state index in [2.05, 4.69) is 0 Å². The molecule has 0 saturated heterocycles. The molecule has 3 heteroatoms. The largest absolute Gasteiger partial charge is 0.398 e.